The van der Waals surface area contributed by atoms with Gasteiger partial charge in [0.05, 0.1) is 18.2 Å². The second kappa shape index (κ2) is 6.28. The lowest BCUT2D eigenvalue weighted by Crippen LogP contribution is -2.51. The second-order valence-corrected chi connectivity index (χ2v) is 6.41. The van der Waals surface area contributed by atoms with Crippen LogP contribution < -0.4 is 10.6 Å². The Hall–Kier alpha value is -1.20. The second-order valence-electron chi connectivity index (χ2n) is 6.41. The number of nitrogens with one attached hydrogen (secondary N) is 2. The Morgan fingerprint density at radius 3 is 2.67 bits per heavy atom. The molecule has 2 amide bonds. The summed E-state index contributed by atoms with van der Waals surface area (Å²) >= 11 is 0. The fourth-order valence-electron chi connectivity index (χ4n) is 3.39. The van der Waals surface area contributed by atoms with Crippen molar-refractivity contribution in [3.05, 3.63) is 11.1 Å². The van der Waals surface area contributed by atoms with E-state index >= 15 is 0 Å². The van der Waals surface area contributed by atoms with Crippen molar-refractivity contribution < 1.29 is 14.3 Å². The van der Waals surface area contributed by atoms with Crippen LogP contribution in [0.4, 0.5) is 0 Å². The molecule has 3 rings (SSSR count). The van der Waals surface area contributed by atoms with Gasteiger partial charge in [-0.3, -0.25) is 14.9 Å². The number of imide groups is 1. The lowest BCUT2D eigenvalue weighted by atomic mass is 9.85. The van der Waals surface area contributed by atoms with E-state index in [0.717, 1.165) is 13.0 Å². The van der Waals surface area contributed by atoms with E-state index in [9.17, 15) is 9.59 Å². The standard InChI is InChI=1S/C16H24N2O3/c1-10-11(8-14(10)21-12-4-2-3-5-12)9-17-13-6-7-15(19)18-16(13)20/h12-14,17H,2-9H2,1H3,(H,18,19,20)/t13?,14-/m1/s1. The highest BCUT2D eigenvalue weighted by Gasteiger charge is 2.32. The molecule has 1 saturated heterocycles. The Bertz CT molecular complexity index is 466. The first-order valence-corrected chi connectivity index (χ1v) is 8.04. The number of piperidine rings is 1. The number of hydrogen-bond donors (Lipinski definition) is 2. The molecule has 2 fully saturated rings. The lowest BCUT2D eigenvalue weighted by Gasteiger charge is -2.35. The van der Waals surface area contributed by atoms with Gasteiger partial charge in [0.25, 0.3) is 0 Å². The van der Waals surface area contributed by atoms with Crippen molar-refractivity contribution >= 4 is 11.8 Å². The number of rotatable bonds is 5. The van der Waals surface area contributed by atoms with E-state index in [1.165, 1.54) is 36.8 Å². The zero-order valence-corrected chi connectivity index (χ0v) is 12.6. The van der Waals surface area contributed by atoms with Crippen molar-refractivity contribution in [2.24, 2.45) is 0 Å². The minimum Gasteiger partial charge on any atom is -0.370 e. The lowest BCUT2D eigenvalue weighted by molar-refractivity contribution is -0.134. The number of ether oxygens (including phenoxy) is 1. The molecule has 1 aliphatic heterocycles. The van der Waals surface area contributed by atoms with E-state index < -0.39 is 0 Å². The average molecular weight is 292 g/mol. The maximum atomic E-state index is 11.7. The fourth-order valence-corrected chi connectivity index (χ4v) is 3.39. The molecule has 1 saturated carbocycles. The third kappa shape index (κ3) is 3.35. The Morgan fingerprint density at radius 2 is 2.00 bits per heavy atom. The van der Waals surface area contributed by atoms with E-state index in [-0.39, 0.29) is 24.0 Å². The van der Waals surface area contributed by atoms with E-state index in [1.54, 1.807) is 0 Å². The third-order valence-corrected chi connectivity index (χ3v) is 4.93. The van der Waals surface area contributed by atoms with Crippen LogP contribution in [-0.4, -0.2) is 36.6 Å². The Labute approximate surface area is 125 Å². The first-order chi connectivity index (χ1) is 10.1. The predicted octanol–water partition coefficient (Wildman–Crippen LogP) is 1.43. The largest absolute Gasteiger partial charge is 0.370 e. The van der Waals surface area contributed by atoms with Gasteiger partial charge >= 0.3 is 0 Å². The smallest absolute Gasteiger partial charge is 0.243 e. The maximum Gasteiger partial charge on any atom is 0.243 e. The monoisotopic (exact) mass is 292 g/mol. The molecule has 0 bridgehead atoms. The van der Waals surface area contributed by atoms with Gasteiger partial charge in [-0.15, -0.1) is 0 Å². The first kappa shape index (κ1) is 14.7. The van der Waals surface area contributed by atoms with E-state index in [0.29, 0.717) is 18.9 Å². The van der Waals surface area contributed by atoms with Gasteiger partial charge in [-0.05, 0) is 31.8 Å². The van der Waals surface area contributed by atoms with Crippen LogP contribution in [0.3, 0.4) is 0 Å². The molecule has 1 unspecified atom stereocenters. The van der Waals surface area contributed by atoms with Gasteiger partial charge in [-0.2, -0.15) is 0 Å². The van der Waals surface area contributed by atoms with Crippen LogP contribution in [0.1, 0.15) is 51.9 Å². The summed E-state index contributed by atoms with van der Waals surface area (Å²) in [6.07, 6.45) is 7.73. The Kier molecular flexibility index (Phi) is 4.40. The van der Waals surface area contributed by atoms with E-state index in [1.807, 2.05) is 0 Å². The minimum absolute atomic E-state index is 0.165. The Balaban J connectivity index is 1.44. The molecule has 0 aromatic heterocycles. The van der Waals surface area contributed by atoms with Crippen LogP contribution >= 0.6 is 0 Å². The molecule has 2 N–H and O–H groups in total. The zero-order valence-electron chi connectivity index (χ0n) is 12.6. The molecular formula is C16H24N2O3. The van der Waals surface area contributed by atoms with Crippen LogP contribution in [-0.2, 0) is 14.3 Å². The SMILES string of the molecule is CC1=C(CNC2CCC(=O)NC2=O)C[C@H]1OC1CCCC1. The molecule has 0 spiro atoms. The summed E-state index contributed by atoms with van der Waals surface area (Å²) in [6, 6.07) is -0.238. The van der Waals surface area contributed by atoms with E-state index in [4.69, 9.17) is 4.74 Å². The third-order valence-electron chi connectivity index (χ3n) is 4.93. The molecule has 3 aliphatic rings. The van der Waals surface area contributed by atoms with Crippen LogP contribution in [0.15, 0.2) is 11.1 Å². The van der Waals surface area contributed by atoms with Gasteiger partial charge in [0, 0.05) is 19.4 Å². The summed E-state index contributed by atoms with van der Waals surface area (Å²) in [6.45, 7) is 2.85. The number of carbonyl (C=O) groups is 2. The number of amides is 2. The van der Waals surface area contributed by atoms with Gasteiger partial charge in [-0.1, -0.05) is 18.4 Å². The van der Waals surface area contributed by atoms with Crippen molar-refractivity contribution in [3.8, 4) is 0 Å². The van der Waals surface area contributed by atoms with Gasteiger partial charge in [-0.25, -0.2) is 0 Å². The summed E-state index contributed by atoms with van der Waals surface area (Å²) in [4.78, 5) is 22.8. The highest BCUT2D eigenvalue weighted by Crippen LogP contribution is 2.34. The van der Waals surface area contributed by atoms with Crippen LogP contribution in [0.5, 0.6) is 0 Å². The summed E-state index contributed by atoms with van der Waals surface area (Å²) < 4.78 is 6.11. The molecule has 0 aromatic rings. The van der Waals surface area contributed by atoms with Gasteiger partial charge in [0.1, 0.15) is 0 Å². The van der Waals surface area contributed by atoms with Crippen molar-refractivity contribution in [1.82, 2.24) is 10.6 Å². The van der Waals surface area contributed by atoms with Crippen molar-refractivity contribution in [1.29, 1.82) is 0 Å². The van der Waals surface area contributed by atoms with Crippen molar-refractivity contribution in [3.63, 3.8) is 0 Å². The fraction of sp³-hybridized carbons (Fsp3) is 0.750. The van der Waals surface area contributed by atoms with Crippen LogP contribution in [0, 0.1) is 0 Å². The topological polar surface area (TPSA) is 67.4 Å². The quantitative estimate of drug-likeness (QED) is 0.594. The molecule has 0 radical (unpaired) electrons. The predicted molar refractivity (Wildman–Crippen MR) is 78.6 cm³/mol. The van der Waals surface area contributed by atoms with Gasteiger partial charge in [0.15, 0.2) is 0 Å². The molecule has 1 heterocycles. The first-order valence-electron chi connectivity index (χ1n) is 8.04. The highest BCUT2D eigenvalue weighted by molar-refractivity contribution is 6.00. The zero-order chi connectivity index (χ0) is 14.8. The summed E-state index contributed by atoms with van der Waals surface area (Å²) in [5.41, 5.74) is 2.67. The average Bonchev–Trinajstić information content (AvgIpc) is 2.96. The Morgan fingerprint density at radius 1 is 1.24 bits per heavy atom. The summed E-state index contributed by atoms with van der Waals surface area (Å²) in [7, 11) is 0. The van der Waals surface area contributed by atoms with Crippen LogP contribution in [0.25, 0.3) is 0 Å². The van der Waals surface area contributed by atoms with Gasteiger partial charge < -0.3 is 10.1 Å². The summed E-state index contributed by atoms with van der Waals surface area (Å²) in [5, 5.41) is 5.64. The molecule has 2 aliphatic carbocycles. The van der Waals surface area contributed by atoms with Crippen molar-refractivity contribution in [2.45, 2.75) is 70.1 Å². The van der Waals surface area contributed by atoms with E-state index in [2.05, 4.69) is 17.6 Å². The normalized spacial score (nSPS) is 30.5. The summed E-state index contributed by atoms with van der Waals surface area (Å²) in [5.74, 6) is -0.357. The molecule has 5 nitrogen and oxygen atoms in total. The molecule has 2 atom stereocenters. The number of hydrogen-bond acceptors (Lipinski definition) is 4. The molecular weight excluding hydrogens is 268 g/mol. The number of carbonyl (C=O) groups excluding carboxylic acids is 2. The van der Waals surface area contributed by atoms with Gasteiger partial charge in [0.2, 0.25) is 11.8 Å². The molecule has 116 valence electrons. The van der Waals surface area contributed by atoms with Crippen LogP contribution in [0.2, 0.25) is 0 Å². The molecule has 0 aromatic carbocycles. The minimum atomic E-state index is -0.238. The molecule has 21 heavy (non-hydrogen) atoms. The molecule has 5 heteroatoms. The highest BCUT2D eigenvalue weighted by atomic mass is 16.5. The van der Waals surface area contributed by atoms with Crippen molar-refractivity contribution in [2.75, 3.05) is 6.54 Å². The maximum absolute atomic E-state index is 11.7.